The molecule has 1 amide bonds. The molecule has 1 aliphatic heterocycles. The highest BCUT2D eigenvalue weighted by Gasteiger charge is 2.20. The second-order valence-corrected chi connectivity index (χ2v) is 5.50. The number of nitrogens with zero attached hydrogens (tertiary/aromatic N) is 2. The number of nitrogens with one attached hydrogen (secondary N) is 2. The van der Waals surface area contributed by atoms with Gasteiger partial charge in [0.05, 0.1) is 5.56 Å². The van der Waals surface area contributed by atoms with Gasteiger partial charge in [0.1, 0.15) is 5.82 Å². The smallest absolute Gasteiger partial charge is 0.255 e. The number of halogens is 3. The Kier molecular flexibility index (Phi) is 8.42. The summed E-state index contributed by atoms with van der Waals surface area (Å²) < 4.78 is 0.808. The molecule has 1 aliphatic rings. The lowest BCUT2D eigenvalue weighted by Crippen LogP contribution is -2.37. The number of rotatable bonds is 3. The minimum Gasteiger partial charge on any atom is -0.362 e. The molecule has 2 heterocycles. The Bertz CT molecular complexity index is 453. The number of amides is 1. The lowest BCUT2D eigenvalue weighted by molar-refractivity contribution is 0.0940. The van der Waals surface area contributed by atoms with Crippen molar-refractivity contribution >= 4 is 52.5 Å². The van der Waals surface area contributed by atoms with E-state index in [0.717, 1.165) is 24.0 Å². The van der Waals surface area contributed by atoms with Gasteiger partial charge in [0.25, 0.3) is 5.91 Å². The van der Waals surface area contributed by atoms with Crippen molar-refractivity contribution in [3.8, 4) is 0 Å². The van der Waals surface area contributed by atoms with E-state index in [1.807, 2.05) is 19.0 Å². The van der Waals surface area contributed by atoms with Crippen LogP contribution in [0.1, 0.15) is 16.8 Å². The topological polar surface area (TPSA) is 57.3 Å². The predicted octanol–water partition coefficient (Wildman–Crippen LogP) is 1.85. The van der Waals surface area contributed by atoms with Crippen LogP contribution in [-0.4, -0.2) is 44.1 Å². The molecule has 1 fully saturated rings. The average Bonchev–Trinajstić information content (AvgIpc) is 2.81. The number of pyridine rings is 1. The first-order valence-corrected chi connectivity index (χ1v) is 6.71. The molecule has 0 aliphatic carbocycles. The molecule has 0 bridgehead atoms. The van der Waals surface area contributed by atoms with Gasteiger partial charge in [-0.15, -0.1) is 24.8 Å². The molecule has 114 valence electrons. The normalized spacial score (nSPS) is 16.9. The third-order valence-corrected chi connectivity index (χ3v) is 3.33. The van der Waals surface area contributed by atoms with Crippen LogP contribution >= 0.6 is 40.7 Å². The summed E-state index contributed by atoms with van der Waals surface area (Å²) in [5.41, 5.74) is 0.598. The van der Waals surface area contributed by atoms with E-state index in [2.05, 4.69) is 31.5 Å². The van der Waals surface area contributed by atoms with E-state index in [0.29, 0.717) is 11.4 Å². The molecule has 2 rings (SSSR count). The second-order valence-electron chi connectivity index (χ2n) is 4.58. The van der Waals surface area contributed by atoms with E-state index in [1.54, 1.807) is 12.3 Å². The number of anilines is 1. The summed E-state index contributed by atoms with van der Waals surface area (Å²) in [7, 11) is 3.76. The summed E-state index contributed by atoms with van der Waals surface area (Å²) in [6, 6.07) is 2.02. The summed E-state index contributed by atoms with van der Waals surface area (Å²) in [6.45, 7) is 1.80. The summed E-state index contributed by atoms with van der Waals surface area (Å²) in [5, 5.41) is 6.26. The highest BCUT2D eigenvalue weighted by Crippen LogP contribution is 2.20. The van der Waals surface area contributed by atoms with Crippen LogP contribution in [0.15, 0.2) is 16.7 Å². The van der Waals surface area contributed by atoms with Gasteiger partial charge in [-0.2, -0.15) is 0 Å². The standard InChI is InChI=1S/C12H17BrN4O.2ClH/c1-17(2)11-10(5-8(13)6-15-11)12(18)16-9-3-4-14-7-9;;/h5-6,9,14H,3-4,7H2,1-2H3,(H,16,18);2*1H. The van der Waals surface area contributed by atoms with Crippen LogP contribution in [0.3, 0.4) is 0 Å². The number of aromatic nitrogens is 1. The Morgan fingerprint density at radius 3 is 2.75 bits per heavy atom. The lowest BCUT2D eigenvalue weighted by atomic mass is 10.2. The van der Waals surface area contributed by atoms with Gasteiger partial charge < -0.3 is 15.5 Å². The SMILES string of the molecule is CN(C)c1ncc(Br)cc1C(=O)NC1CCNC1.Cl.Cl. The van der Waals surface area contributed by atoms with Crippen molar-refractivity contribution in [2.24, 2.45) is 0 Å². The van der Waals surface area contributed by atoms with Crippen molar-refractivity contribution in [1.82, 2.24) is 15.6 Å². The van der Waals surface area contributed by atoms with Gasteiger partial charge in [-0.3, -0.25) is 4.79 Å². The molecule has 0 saturated carbocycles. The molecule has 2 N–H and O–H groups in total. The number of hydrogen-bond donors (Lipinski definition) is 2. The van der Waals surface area contributed by atoms with Gasteiger partial charge in [-0.05, 0) is 35.0 Å². The van der Waals surface area contributed by atoms with E-state index in [4.69, 9.17) is 0 Å². The van der Waals surface area contributed by atoms with E-state index >= 15 is 0 Å². The molecule has 20 heavy (non-hydrogen) atoms. The fourth-order valence-electron chi connectivity index (χ4n) is 2.00. The Morgan fingerprint density at radius 1 is 1.50 bits per heavy atom. The molecule has 1 atom stereocenters. The Balaban J connectivity index is 0.00000180. The quantitative estimate of drug-likeness (QED) is 0.833. The number of carbonyl (C=O) groups excluding carboxylic acids is 1. The molecule has 1 aromatic heterocycles. The lowest BCUT2D eigenvalue weighted by Gasteiger charge is -2.17. The largest absolute Gasteiger partial charge is 0.362 e. The van der Waals surface area contributed by atoms with E-state index in [1.165, 1.54) is 0 Å². The van der Waals surface area contributed by atoms with E-state index < -0.39 is 0 Å². The van der Waals surface area contributed by atoms with Crippen LogP contribution in [0.4, 0.5) is 5.82 Å². The Morgan fingerprint density at radius 2 is 2.20 bits per heavy atom. The first kappa shape index (κ1) is 19.4. The van der Waals surface area contributed by atoms with Crippen molar-refractivity contribution in [3.05, 3.63) is 22.3 Å². The molecule has 1 aromatic rings. The van der Waals surface area contributed by atoms with Crippen LogP contribution < -0.4 is 15.5 Å². The van der Waals surface area contributed by atoms with Gasteiger partial charge in [-0.1, -0.05) is 0 Å². The molecule has 1 saturated heterocycles. The van der Waals surface area contributed by atoms with Crippen LogP contribution in [-0.2, 0) is 0 Å². The summed E-state index contributed by atoms with van der Waals surface area (Å²) in [4.78, 5) is 18.4. The minimum atomic E-state index is -0.0683. The molecule has 0 radical (unpaired) electrons. The number of hydrogen-bond acceptors (Lipinski definition) is 4. The maximum Gasteiger partial charge on any atom is 0.255 e. The van der Waals surface area contributed by atoms with E-state index in [9.17, 15) is 4.79 Å². The third-order valence-electron chi connectivity index (χ3n) is 2.90. The predicted molar refractivity (Wildman–Crippen MR) is 89.5 cm³/mol. The van der Waals surface area contributed by atoms with Gasteiger partial charge in [0, 0.05) is 37.4 Å². The van der Waals surface area contributed by atoms with E-state index in [-0.39, 0.29) is 36.8 Å². The highest BCUT2D eigenvalue weighted by atomic mass is 79.9. The average molecular weight is 386 g/mol. The third kappa shape index (κ3) is 4.77. The fourth-order valence-corrected chi connectivity index (χ4v) is 2.33. The van der Waals surface area contributed by atoms with Gasteiger partial charge >= 0.3 is 0 Å². The highest BCUT2D eigenvalue weighted by molar-refractivity contribution is 9.10. The Labute approximate surface area is 139 Å². The maximum absolute atomic E-state index is 12.3. The molecule has 1 unspecified atom stereocenters. The number of carbonyl (C=O) groups is 1. The van der Waals surface area contributed by atoms with Crippen LogP contribution in [0.5, 0.6) is 0 Å². The van der Waals surface area contributed by atoms with Gasteiger partial charge in [0.2, 0.25) is 0 Å². The monoisotopic (exact) mass is 384 g/mol. The zero-order valence-corrected chi connectivity index (χ0v) is 14.6. The van der Waals surface area contributed by atoms with Crippen LogP contribution in [0.25, 0.3) is 0 Å². The first-order chi connectivity index (χ1) is 8.58. The van der Waals surface area contributed by atoms with Crippen LogP contribution in [0, 0.1) is 0 Å². The van der Waals surface area contributed by atoms with Crippen molar-refractivity contribution in [2.75, 3.05) is 32.1 Å². The zero-order chi connectivity index (χ0) is 13.1. The summed E-state index contributed by atoms with van der Waals surface area (Å²) >= 11 is 3.35. The van der Waals surface area contributed by atoms with Gasteiger partial charge in [0.15, 0.2) is 0 Å². The molecule has 5 nitrogen and oxygen atoms in total. The Hall–Kier alpha value is -0.560. The van der Waals surface area contributed by atoms with Crippen molar-refractivity contribution in [1.29, 1.82) is 0 Å². The first-order valence-electron chi connectivity index (χ1n) is 5.92. The molecule has 0 spiro atoms. The van der Waals surface area contributed by atoms with Gasteiger partial charge in [-0.25, -0.2) is 4.98 Å². The summed E-state index contributed by atoms with van der Waals surface area (Å²) in [5.74, 6) is 0.614. The van der Waals surface area contributed by atoms with Crippen LogP contribution in [0.2, 0.25) is 0 Å². The maximum atomic E-state index is 12.3. The second kappa shape index (κ2) is 8.67. The summed E-state index contributed by atoms with van der Waals surface area (Å²) in [6.07, 6.45) is 2.67. The van der Waals surface area contributed by atoms with Crippen molar-refractivity contribution < 1.29 is 4.79 Å². The molecule has 8 heteroatoms. The molecular formula is C12H19BrCl2N4O. The zero-order valence-electron chi connectivity index (χ0n) is 11.4. The van der Waals surface area contributed by atoms with Crippen molar-refractivity contribution in [3.63, 3.8) is 0 Å². The fraction of sp³-hybridized carbons (Fsp3) is 0.500. The minimum absolute atomic E-state index is 0. The molecular weight excluding hydrogens is 367 g/mol. The molecule has 0 aromatic carbocycles. The van der Waals surface area contributed by atoms with Crippen molar-refractivity contribution in [2.45, 2.75) is 12.5 Å².